The van der Waals surface area contributed by atoms with Gasteiger partial charge in [0.2, 0.25) is 0 Å². The average molecular weight is 286 g/mol. The molecule has 0 aliphatic carbocycles. The quantitative estimate of drug-likeness (QED) is 0.830. The van der Waals surface area contributed by atoms with E-state index in [0.717, 1.165) is 12.8 Å². The number of hydrogen-bond acceptors (Lipinski definition) is 3. The number of hydrogen-bond donors (Lipinski definition) is 1. The molecule has 1 aromatic carbocycles. The number of aryl methyl sites for hydroxylation is 2. The van der Waals surface area contributed by atoms with Crippen molar-refractivity contribution in [3.05, 3.63) is 53.5 Å². The van der Waals surface area contributed by atoms with Crippen molar-refractivity contribution in [1.29, 1.82) is 0 Å². The molecule has 4 nitrogen and oxygen atoms in total. The maximum atomic E-state index is 11.9. The highest BCUT2D eigenvalue weighted by atomic mass is 16.3. The topological polar surface area (TPSA) is 45.5 Å². The SMILES string of the molecule is Cc1occc1C(=O)NCCCc1ccc(N(C)C)cc1. The number of amides is 1. The van der Waals surface area contributed by atoms with Gasteiger partial charge in [-0.25, -0.2) is 0 Å². The molecule has 1 heterocycles. The predicted octanol–water partition coefficient (Wildman–Crippen LogP) is 3.02. The van der Waals surface area contributed by atoms with Gasteiger partial charge >= 0.3 is 0 Å². The van der Waals surface area contributed by atoms with Gasteiger partial charge in [0.1, 0.15) is 5.76 Å². The molecule has 21 heavy (non-hydrogen) atoms. The monoisotopic (exact) mass is 286 g/mol. The van der Waals surface area contributed by atoms with Crippen molar-refractivity contribution in [3.8, 4) is 0 Å². The zero-order valence-corrected chi connectivity index (χ0v) is 12.8. The number of carbonyl (C=O) groups excluding carboxylic acids is 1. The van der Waals surface area contributed by atoms with Gasteiger partial charge in [-0.1, -0.05) is 12.1 Å². The van der Waals surface area contributed by atoms with Crippen molar-refractivity contribution in [2.24, 2.45) is 0 Å². The molecule has 0 unspecified atom stereocenters. The molecule has 2 rings (SSSR count). The second kappa shape index (κ2) is 6.97. The lowest BCUT2D eigenvalue weighted by molar-refractivity contribution is 0.0951. The molecule has 2 aromatic rings. The van der Waals surface area contributed by atoms with Crippen LogP contribution < -0.4 is 10.2 Å². The van der Waals surface area contributed by atoms with Crippen LogP contribution in [-0.2, 0) is 6.42 Å². The largest absolute Gasteiger partial charge is 0.469 e. The van der Waals surface area contributed by atoms with E-state index < -0.39 is 0 Å². The molecule has 0 radical (unpaired) electrons. The van der Waals surface area contributed by atoms with Crippen LogP contribution in [0.4, 0.5) is 5.69 Å². The van der Waals surface area contributed by atoms with E-state index in [1.807, 2.05) is 14.1 Å². The van der Waals surface area contributed by atoms with Gasteiger partial charge in [0.25, 0.3) is 5.91 Å². The summed E-state index contributed by atoms with van der Waals surface area (Å²) >= 11 is 0. The normalized spacial score (nSPS) is 10.4. The van der Waals surface area contributed by atoms with Crippen molar-refractivity contribution in [2.45, 2.75) is 19.8 Å². The van der Waals surface area contributed by atoms with Gasteiger partial charge < -0.3 is 14.6 Å². The third kappa shape index (κ3) is 4.12. The molecule has 0 spiro atoms. The number of carbonyl (C=O) groups is 1. The highest BCUT2D eigenvalue weighted by Crippen LogP contribution is 2.13. The van der Waals surface area contributed by atoms with E-state index in [9.17, 15) is 4.79 Å². The van der Waals surface area contributed by atoms with E-state index in [1.54, 1.807) is 13.0 Å². The Morgan fingerprint density at radius 1 is 1.19 bits per heavy atom. The van der Waals surface area contributed by atoms with E-state index in [0.29, 0.717) is 17.9 Å². The maximum absolute atomic E-state index is 11.9. The van der Waals surface area contributed by atoms with Gasteiger partial charge in [0, 0.05) is 26.3 Å². The van der Waals surface area contributed by atoms with Crippen LogP contribution in [0.3, 0.4) is 0 Å². The lowest BCUT2D eigenvalue weighted by atomic mass is 10.1. The summed E-state index contributed by atoms with van der Waals surface area (Å²) in [6.45, 7) is 2.46. The van der Waals surface area contributed by atoms with Crippen molar-refractivity contribution in [3.63, 3.8) is 0 Å². The molecule has 0 saturated heterocycles. The van der Waals surface area contributed by atoms with Gasteiger partial charge in [-0.15, -0.1) is 0 Å². The van der Waals surface area contributed by atoms with Crippen LogP contribution >= 0.6 is 0 Å². The minimum absolute atomic E-state index is 0.0656. The second-order valence-electron chi connectivity index (χ2n) is 5.31. The summed E-state index contributed by atoms with van der Waals surface area (Å²) < 4.78 is 5.13. The van der Waals surface area contributed by atoms with Gasteiger partial charge in [-0.05, 0) is 43.5 Å². The summed E-state index contributed by atoms with van der Waals surface area (Å²) in [5.74, 6) is 0.593. The van der Waals surface area contributed by atoms with Crippen LogP contribution in [0, 0.1) is 6.92 Å². The van der Waals surface area contributed by atoms with E-state index >= 15 is 0 Å². The van der Waals surface area contributed by atoms with Crippen LogP contribution in [0.5, 0.6) is 0 Å². The Labute approximate surface area is 125 Å². The zero-order chi connectivity index (χ0) is 15.2. The third-order valence-electron chi connectivity index (χ3n) is 3.48. The standard InChI is InChI=1S/C17H22N2O2/c1-13-16(10-12-21-13)17(20)18-11-4-5-14-6-8-15(9-7-14)19(2)3/h6-10,12H,4-5,11H2,1-3H3,(H,18,20). The Balaban J connectivity index is 1.75. The molecule has 1 aromatic heterocycles. The van der Waals surface area contributed by atoms with Crippen molar-refractivity contribution < 1.29 is 9.21 Å². The van der Waals surface area contributed by atoms with Gasteiger partial charge in [0.05, 0.1) is 11.8 Å². The third-order valence-corrected chi connectivity index (χ3v) is 3.48. The molecule has 1 N–H and O–H groups in total. The lowest BCUT2D eigenvalue weighted by Gasteiger charge is -2.12. The first-order valence-electron chi connectivity index (χ1n) is 7.16. The Kier molecular flexibility index (Phi) is 5.04. The average Bonchev–Trinajstić information content (AvgIpc) is 2.90. The van der Waals surface area contributed by atoms with E-state index in [4.69, 9.17) is 4.42 Å². The molecular formula is C17H22N2O2. The number of nitrogens with zero attached hydrogens (tertiary/aromatic N) is 1. The van der Waals surface area contributed by atoms with E-state index in [1.165, 1.54) is 17.5 Å². The predicted molar refractivity (Wildman–Crippen MR) is 84.9 cm³/mol. The maximum Gasteiger partial charge on any atom is 0.254 e. The molecule has 0 aliphatic rings. The molecular weight excluding hydrogens is 264 g/mol. The van der Waals surface area contributed by atoms with Gasteiger partial charge in [-0.3, -0.25) is 4.79 Å². The molecule has 4 heteroatoms. The van der Waals surface area contributed by atoms with Gasteiger partial charge in [-0.2, -0.15) is 0 Å². The zero-order valence-electron chi connectivity index (χ0n) is 12.8. The number of benzene rings is 1. The second-order valence-corrected chi connectivity index (χ2v) is 5.31. The fraction of sp³-hybridized carbons (Fsp3) is 0.353. The summed E-state index contributed by atoms with van der Waals surface area (Å²) in [4.78, 5) is 14.0. The fourth-order valence-corrected chi connectivity index (χ4v) is 2.17. The Morgan fingerprint density at radius 2 is 1.90 bits per heavy atom. The minimum Gasteiger partial charge on any atom is -0.469 e. The summed E-state index contributed by atoms with van der Waals surface area (Å²) in [6.07, 6.45) is 3.42. The Hall–Kier alpha value is -2.23. The minimum atomic E-state index is -0.0656. The summed E-state index contributed by atoms with van der Waals surface area (Å²) in [5.41, 5.74) is 3.10. The summed E-state index contributed by atoms with van der Waals surface area (Å²) in [7, 11) is 4.06. The molecule has 0 atom stereocenters. The summed E-state index contributed by atoms with van der Waals surface area (Å²) in [6, 6.07) is 10.2. The molecule has 0 aliphatic heterocycles. The molecule has 1 amide bonds. The number of nitrogens with one attached hydrogen (secondary N) is 1. The molecule has 0 bridgehead atoms. The van der Waals surface area contributed by atoms with Crippen LogP contribution in [0.25, 0.3) is 0 Å². The van der Waals surface area contributed by atoms with Crippen LogP contribution in [0.1, 0.15) is 28.1 Å². The first kappa shape index (κ1) is 15.2. The molecule has 0 saturated carbocycles. The van der Waals surface area contributed by atoms with Crippen molar-refractivity contribution in [2.75, 3.05) is 25.5 Å². The number of rotatable bonds is 6. The Morgan fingerprint density at radius 3 is 2.48 bits per heavy atom. The van der Waals surface area contributed by atoms with E-state index in [2.05, 4.69) is 34.5 Å². The Bertz CT molecular complexity index is 585. The van der Waals surface area contributed by atoms with Crippen LogP contribution in [0.15, 0.2) is 41.0 Å². The highest BCUT2D eigenvalue weighted by molar-refractivity contribution is 5.94. The van der Waals surface area contributed by atoms with Gasteiger partial charge in [0.15, 0.2) is 0 Å². The van der Waals surface area contributed by atoms with Crippen LogP contribution in [-0.4, -0.2) is 26.5 Å². The molecule has 112 valence electrons. The first-order chi connectivity index (χ1) is 10.1. The van der Waals surface area contributed by atoms with Crippen molar-refractivity contribution >= 4 is 11.6 Å². The fourth-order valence-electron chi connectivity index (χ4n) is 2.17. The molecule has 0 fully saturated rings. The van der Waals surface area contributed by atoms with Crippen LogP contribution in [0.2, 0.25) is 0 Å². The van der Waals surface area contributed by atoms with Crippen molar-refractivity contribution in [1.82, 2.24) is 5.32 Å². The first-order valence-corrected chi connectivity index (χ1v) is 7.16. The smallest absolute Gasteiger partial charge is 0.254 e. The number of anilines is 1. The summed E-state index contributed by atoms with van der Waals surface area (Å²) in [5, 5.41) is 2.92. The lowest BCUT2D eigenvalue weighted by Crippen LogP contribution is -2.24. The van der Waals surface area contributed by atoms with E-state index in [-0.39, 0.29) is 5.91 Å². The number of furan rings is 1. The highest BCUT2D eigenvalue weighted by Gasteiger charge is 2.10.